The quantitative estimate of drug-likeness (QED) is 0.239. The molecule has 0 saturated carbocycles. The molecule has 0 bridgehead atoms. The summed E-state index contributed by atoms with van der Waals surface area (Å²) >= 11 is 0. The molecule has 0 radical (unpaired) electrons. The summed E-state index contributed by atoms with van der Waals surface area (Å²) in [5.74, 6) is -1.28. The Bertz CT molecular complexity index is 1550. The molecule has 3 aromatic rings. The summed E-state index contributed by atoms with van der Waals surface area (Å²) in [6.07, 6.45) is 0. The zero-order chi connectivity index (χ0) is 29.0. The van der Waals surface area contributed by atoms with Gasteiger partial charge >= 0.3 is 5.97 Å². The molecule has 4 atom stereocenters. The van der Waals surface area contributed by atoms with Crippen LogP contribution in [0.2, 0.25) is 0 Å². The van der Waals surface area contributed by atoms with Gasteiger partial charge < -0.3 is 34.1 Å². The van der Waals surface area contributed by atoms with E-state index in [0.29, 0.717) is 28.2 Å². The molecule has 14 nitrogen and oxygen atoms in total. The molecule has 14 heteroatoms. The highest BCUT2D eigenvalue weighted by atomic mass is 16.7. The van der Waals surface area contributed by atoms with Gasteiger partial charge in [-0.05, 0) is 41.0 Å². The van der Waals surface area contributed by atoms with Gasteiger partial charge in [-0.1, -0.05) is 0 Å². The number of benzene rings is 3. The maximum atomic E-state index is 13.3. The number of carbonyl (C=O) groups excluding carboxylic acids is 1. The van der Waals surface area contributed by atoms with Crippen LogP contribution in [0.5, 0.6) is 28.7 Å². The summed E-state index contributed by atoms with van der Waals surface area (Å²) in [4.78, 5) is 34.9. The normalized spacial score (nSPS) is 21.9. The van der Waals surface area contributed by atoms with Crippen LogP contribution in [0, 0.1) is 32.1 Å². The van der Waals surface area contributed by atoms with Crippen molar-refractivity contribution < 1.29 is 43.4 Å². The zero-order valence-corrected chi connectivity index (χ0v) is 21.7. The predicted molar refractivity (Wildman–Crippen MR) is 140 cm³/mol. The van der Waals surface area contributed by atoms with Crippen LogP contribution in [0.3, 0.4) is 0 Å². The molecule has 1 saturated heterocycles. The number of aromatic hydroxyl groups is 1. The molecule has 41 heavy (non-hydrogen) atoms. The van der Waals surface area contributed by atoms with E-state index < -0.39 is 51.0 Å². The summed E-state index contributed by atoms with van der Waals surface area (Å²) in [5.41, 5.74) is 1.17. The van der Waals surface area contributed by atoms with Crippen LogP contribution in [0.4, 0.5) is 17.1 Å². The van der Waals surface area contributed by atoms with Crippen LogP contribution in [0.25, 0.3) is 0 Å². The predicted octanol–water partition coefficient (Wildman–Crippen LogP) is 4.04. The Morgan fingerprint density at radius 1 is 0.878 bits per heavy atom. The number of rotatable bonds is 7. The van der Waals surface area contributed by atoms with E-state index in [9.17, 15) is 30.1 Å². The molecular formula is C27H23N3O11. The number of hydrogen-bond donors (Lipinski definition) is 2. The molecule has 1 fully saturated rings. The monoisotopic (exact) mass is 565 g/mol. The molecule has 1 aliphatic carbocycles. The number of phenols is 1. The number of ether oxygens (including phenoxy) is 5. The Balaban J connectivity index is 1.54. The number of cyclic esters (lactones) is 1. The summed E-state index contributed by atoms with van der Waals surface area (Å²) < 4.78 is 27.5. The summed E-state index contributed by atoms with van der Waals surface area (Å²) in [5, 5.41) is 36.8. The Morgan fingerprint density at radius 2 is 1.46 bits per heavy atom. The van der Waals surface area contributed by atoms with Gasteiger partial charge in [-0.25, -0.2) is 0 Å². The molecular weight excluding hydrogens is 542 g/mol. The number of fused-ring (bicyclic) bond motifs is 3. The zero-order valence-electron chi connectivity index (χ0n) is 21.7. The van der Waals surface area contributed by atoms with E-state index in [-0.39, 0.29) is 36.3 Å². The SMILES string of the molecule is COc1cc([C@@H]2c3cc4c(cc3[C@H](Nc3cc([N+](=O)[O-])cc([N+](=O)[O-])c3)[C@H]3COC(=O)[C@H]23)OCO4)cc(OC)c1O. The fourth-order valence-electron chi connectivity index (χ4n) is 5.91. The highest BCUT2D eigenvalue weighted by Gasteiger charge is 2.53. The Morgan fingerprint density at radius 3 is 2.02 bits per heavy atom. The number of nitrogens with zero attached hydrogens (tertiary/aromatic N) is 2. The van der Waals surface area contributed by atoms with Crippen molar-refractivity contribution in [3.05, 3.63) is 79.4 Å². The van der Waals surface area contributed by atoms with E-state index in [4.69, 9.17) is 23.7 Å². The Kier molecular flexibility index (Phi) is 6.16. The fraction of sp³-hybridized carbons (Fsp3) is 0.296. The van der Waals surface area contributed by atoms with Crippen molar-refractivity contribution in [3.8, 4) is 28.7 Å². The second kappa shape index (κ2) is 9.73. The van der Waals surface area contributed by atoms with Crippen molar-refractivity contribution in [1.29, 1.82) is 0 Å². The fourth-order valence-corrected chi connectivity index (χ4v) is 5.91. The standard InChI is InChI=1S/C27H23N3O11/c1-37-21-3-12(4-22(38-2)26(21)31)23-16-8-19-20(41-11-40-19)9-17(16)25(18-10-39-27(32)24(18)23)28-13-5-14(29(33)34)7-15(6-13)30(35)36/h3-9,18,23-25,28,31H,10-11H2,1-2H3/t18-,23+,24-,25-/m0/s1. The first-order valence-corrected chi connectivity index (χ1v) is 12.5. The number of esters is 1. The minimum Gasteiger partial charge on any atom is -0.502 e. The molecule has 0 aromatic heterocycles. The number of nitro benzene ring substituents is 2. The van der Waals surface area contributed by atoms with Gasteiger partial charge in [0.05, 0.1) is 48.7 Å². The molecule has 3 aliphatic rings. The average Bonchev–Trinajstić information content (AvgIpc) is 3.58. The summed E-state index contributed by atoms with van der Waals surface area (Å²) in [6.45, 7) is 0.0166. The molecule has 0 amide bonds. The van der Waals surface area contributed by atoms with Crippen LogP contribution < -0.4 is 24.3 Å². The first-order valence-electron chi connectivity index (χ1n) is 12.5. The molecule has 0 spiro atoms. The molecule has 6 rings (SSSR count). The smallest absolute Gasteiger partial charge is 0.310 e. The lowest BCUT2D eigenvalue weighted by Gasteiger charge is -2.40. The third-order valence-corrected chi connectivity index (χ3v) is 7.69. The van der Waals surface area contributed by atoms with Crippen molar-refractivity contribution >= 4 is 23.0 Å². The van der Waals surface area contributed by atoms with Crippen molar-refractivity contribution in [2.24, 2.45) is 11.8 Å². The minimum atomic E-state index is -0.743. The average molecular weight is 565 g/mol. The van der Waals surface area contributed by atoms with Crippen LogP contribution in [-0.4, -0.2) is 48.5 Å². The number of phenolic OH excluding ortho intramolecular Hbond substituents is 1. The van der Waals surface area contributed by atoms with E-state index in [2.05, 4.69) is 5.32 Å². The molecule has 2 aliphatic heterocycles. The Hall–Kier alpha value is -5.27. The summed E-state index contributed by atoms with van der Waals surface area (Å²) in [7, 11) is 2.80. The van der Waals surface area contributed by atoms with Crippen molar-refractivity contribution in [1.82, 2.24) is 0 Å². The maximum absolute atomic E-state index is 13.3. The topological polar surface area (TPSA) is 182 Å². The molecule has 212 valence electrons. The van der Waals surface area contributed by atoms with E-state index in [0.717, 1.165) is 6.07 Å². The van der Waals surface area contributed by atoms with Crippen molar-refractivity contribution in [3.63, 3.8) is 0 Å². The molecule has 0 unspecified atom stereocenters. The largest absolute Gasteiger partial charge is 0.502 e. The van der Waals surface area contributed by atoms with Gasteiger partial charge in [-0.3, -0.25) is 25.0 Å². The van der Waals surface area contributed by atoms with Gasteiger partial charge in [0.2, 0.25) is 12.5 Å². The van der Waals surface area contributed by atoms with Crippen LogP contribution >= 0.6 is 0 Å². The Labute approximate surface area is 231 Å². The molecule has 2 heterocycles. The van der Waals surface area contributed by atoms with Crippen molar-refractivity contribution in [2.75, 3.05) is 32.9 Å². The lowest BCUT2D eigenvalue weighted by Crippen LogP contribution is -2.37. The lowest BCUT2D eigenvalue weighted by molar-refractivity contribution is -0.394. The number of hydrogen-bond acceptors (Lipinski definition) is 12. The van der Waals surface area contributed by atoms with Crippen molar-refractivity contribution in [2.45, 2.75) is 12.0 Å². The third kappa shape index (κ3) is 4.23. The number of non-ortho nitro benzene ring substituents is 2. The van der Waals surface area contributed by atoms with Gasteiger partial charge in [-0.15, -0.1) is 0 Å². The van der Waals surface area contributed by atoms with Gasteiger partial charge in [-0.2, -0.15) is 0 Å². The number of methoxy groups -OCH3 is 2. The second-order valence-corrected chi connectivity index (χ2v) is 9.78. The minimum absolute atomic E-state index is 0.00613. The van der Waals surface area contributed by atoms with Gasteiger partial charge in [0, 0.05) is 29.7 Å². The van der Waals surface area contributed by atoms with Crippen LogP contribution in [0.15, 0.2) is 42.5 Å². The first-order chi connectivity index (χ1) is 19.7. The summed E-state index contributed by atoms with van der Waals surface area (Å²) in [6, 6.07) is 9.40. The highest BCUT2D eigenvalue weighted by molar-refractivity contribution is 5.79. The molecule has 3 aromatic carbocycles. The van der Waals surface area contributed by atoms with Gasteiger partial charge in [0.1, 0.15) is 0 Å². The van der Waals surface area contributed by atoms with Crippen LogP contribution in [0.1, 0.15) is 28.7 Å². The van der Waals surface area contributed by atoms with E-state index in [1.165, 1.54) is 26.4 Å². The second-order valence-electron chi connectivity index (χ2n) is 9.78. The van der Waals surface area contributed by atoms with E-state index in [1.807, 2.05) is 0 Å². The lowest BCUT2D eigenvalue weighted by atomic mass is 9.65. The van der Waals surface area contributed by atoms with E-state index in [1.54, 1.807) is 24.3 Å². The maximum Gasteiger partial charge on any atom is 0.310 e. The highest BCUT2D eigenvalue weighted by Crippen LogP contribution is 2.56. The van der Waals surface area contributed by atoms with Crippen LogP contribution in [-0.2, 0) is 9.53 Å². The number of anilines is 1. The number of nitrogens with one attached hydrogen (secondary N) is 1. The first kappa shape index (κ1) is 26.0. The number of carbonyl (C=O) groups is 1. The number of nitro groups is 2. The molecule has 2 N–H and O–H groups in total. The van der Waals surface area contributed by atoms with E-state index >= 15 is 0 Å². The van der Waals surface area contributed by atoms with Gasteiger partial charge in [0.25, 0.3) is 11.4 Å². The third-order valence-electron chi connectivity index (χ3n) is 7.69. The van der Waals surface area contributed by atoms with Gasteiger partial charge in [0.15, 0.2) is 23.0 Å².